The Morgan fingerprint density at radius 3 is 2.50 bits per heavy atom. The van der Waals surface area contributed by atoms with E-state index < -0.39 is 11.3 Å². The zero-order valence-corrected chi connectivity index (χ0v) is 14.1. The number of rotatable bonds is 2. The second-order valence-corrected chi connectivity index (χ2v) is 6.85. The maximum atomic E-state index is 9.60. The van der Waals surface area contributed by atoms with Gasteiger partial charge >= 0.3 is 0 Å². The minimum atomic E-state index is -0.563. The lowest BCUT2D eigenvalue weighted by Gasteiger charge is -2.45. The normalized spacial score (nSPS) is 29.7. The summed E-state index contributed by atoms with van der Waals surface area (Å²) in [5.41, 5.74) is 7.17. The first-order chi connectivity index (χ1) is 11.6. The summed E-state index contributed by atoms with van der Waals surface area (Å²) in [4.78, 5) is 5.51. The summed E-state index contributed by atoms with van der Waals surface area (Å²) in [7, 11) is 0. The van der Waals surface area contributed by atoms with Crippen molar-refractivity contribution in [1.82, 2.24) is 0 Å². The van der Waals surface area contributed by atoms with Gasteiger partial charge in [0, 0.05) is 29.4 Å². The SMILES string of the molecule is N#CC1=C([S-])N=C(N)C(C#N)C12CC[NH+](Cc1ccccc1)CC2. The molecule has 0 saturated carbocycles. The minimum Gasteiger partial charge on any atom is -0.759 e. The highest BCUT2D eigenvalue weighted by atomic mass is 32.1. The first-order valence-corrected chi connectivity index (χ1v) is 8.44. The average Bonchev–Trinajstić information content (AvgIpc) is 2.58. The Morgan fingerprint density at radius 2 is 1.92 bits per heavy atom. The van der Waals surface area contributed by atoms with Gasteiger partial charge in [0.2, 0.25) is 0 Å². The number of allylic oxidation sites excluding steroid dienone is 1. The monoisotopic (exact) mass is 337 g/mol. The molecule has 2 aliphatic heterocycles. The Balaban J connectivity index is 1.81. The molecule has 2 heterocycles. The van der Waals surface area contributed by atoms with Crippen LogP contribution in [0.4, 0.5) is 0 Å². The highest BCUT2D eigenvalue weighted by Gasteiger charge is 2.49. The molecule has 0 radical (unpaired) electrons. The fourth-order valence-electron chi connectivity index (χ4n) is 3.88. The fraction of sp³-hybridized carbons (Fsp3) is 0.389. The number of nitrogens with two attached hydrogens (primary N) is 1. The third-order valence-corrected chi connectivity index (χ3v) is 5.47. The van der Waals surface area contributed by atoms with Gasteiger partial charge in [0.05, 0.1) is 25.2 Å². The van der Waals surface area contributed by atoms with Crippen molar-refractivity contribution < 1.29 is 4.90 Å². The van der Waals surface area contributed by atoms with E-state index in [4.69, 9.17) is 18.4 Å². The van der Waals surface area contributed by atoms with E-state index in [2.05, 4.69) is 29.3 Å². The number of nitriles is 2. The van der Waals surface area contributed by atoms with Crippen molar-refractivity contribution in [2.24, 2.45) is 22.1 Å². The summed E-state index contributed by atoms with van der Waals surface area (Å²) in [6.07, 6.45) is 1.46. The second-order valence-electron chi connectivity index (χ2n) is 6.46. The molecule has 1 fully saturated rings. The van der Waals surface area contributed by atoms with E-state index in [0.717, 1.165) is 32.5 Å². The average molecular weight is 337 g/mol. The summed E-state index contributed by atoms with van der Waals surface area (Å²) >= 11 is 5.25. The number of likely N-dealkylation sites (tertiary alicyclic amines) is 1. The molecule has 0 aliphatic carbocycles. The van der Waals surface area contributed by atoms with Crippen LogP contribution in [0.1, 0.15) is 18.4 Å². The first-order valence-electron chi connectivity index (χ1n) is 8.04. The van der Waals surface area contributed by atoms with Crippen molar-refractivity contribution in [3.05, 3.63) is 46.5 Å². The van der Waals surface area contributed by atoms with Gasteiger partial charge in [-0.1, -0.05) is 35.4 Å². The second kappa shape index (κ2) is 6.60. The van der Waals surface area contributed by atoms with Crippen molar-refractivity contribution in [2.75, 3.05) is 13.1 Å². The highest BCUT2D eigenvalue weighted by molar-refractivity contribution is 7.63. The lowest BCUT2D eigenvalue weighted by Crippen LogP contribution is -3.12. The Bertz CT molecular complexity index is 761. The Morgan fingerprint density at radius 1 is 1.25 bits per heavy atom. The van der Waals surface area contributed by atoms with Crippen LogP contribution in [-0.2, 0) is 19.2 Å². The van der Waals surface area contributed by atoms with Crippen molar-refractivity contribution in [3.63, 3.8) is 0 Å². The fourth-order valence-corrected chi connectivity index (χ4v) is 4.23. The summed E-state index contributed by atoms with van der Waals surface area (Å²) < 4.78 is 0. The molecule has 122 valence electrons. The molecule has 1 unspecified atom stereocenters. The first kappa shape index (κ1) is 16.4. The molecule has 0 bridgehead atoms. The zero-order valence-electron chi connectivity index (χ0n) is 13.3. The number of nitrogens with zero attached hydrogens (tertiary/aromatic N) is 3. The van der Waals surface area contributed by atoms with E-state index in [9.17, 15) is 10.5 Å². The Labute approximate surface area is 147 Å². The largest absolute Gasteiger partial charge is 0.759 e. The van der Waals surface area contributed by atoms with Crippen LogP contribution in [0.5, 0.6) is 0 Å². The summed E-state index contributed by atoms with van der Waals surface area (Å²) in [5.74, 6) is -0.301. The van der Waals surface area contributed by atoms with E-state index in [1.165, 1.54) is 10.5 Å². The van der Waals surface area contributed by atoms with Gasteiger partial charge in [0.25, 0.3) is 0 Å². The lowest BCUT2D eigenvalue weighted by molar-refractivity contribution is -0.921. The van der Waals surface area contributed by atoms with Gasteiger partial charge in [0.1, 0.15) is 18.3 Å². The smallest absolute Gasteiger partial charge is 0.115 e. The number of nitrogens with one attached hydrogen (secondary N) is 1. The third kappa shape index (κ3) is 2.75. The van der Waals surface area contributed by atoms with E-state index in [0.29, 0.717) is 5.57 Å². The molecule has 5 nitrogen and oxygen atoms in total. The van der Waals surface area contributed by atoms with Gasteiger partial charge in [-0.3, -0.25) is 4.99 Å². The molecule has 6 heteroatoms. The third-order valence-electron chi connectivity index (χ3n) is 5.18. The number of benzene rings is 1. The van der Waals surface area contributed by atoms with Crippen LogP contribution < -0.4 is 10.6 Å². The van der Waals surface area contributed by atoms with Crippen molar-refractivity contribution in [1.29, 1.82) is 10.5 Å². The van der Waals surface area contributed by atoms with E-state index in [-0.39, 0.29) is 10.9 Å². The van der Waals surface area contributed by atoms with Crippen LogP contribution in [0.25, 0.3) is 0 Å². The highest BCUT2D eigenvalue weighted by Crippen LogP contribution is 2.46. The van der Waals surface area contributed by atoms with E-state index in [1.807, 2.05) is 18.2 Å². The van der Waals surface area contributed by atoms with Crippen LogP contribution in [0.15, 0.2) is 45.9 Å². The molecule has 1 aromatic carbocycles. The van der Waals surface area contributed by atoms with Gasteiger partial charge in [-0.25, -0.2) is 0 Å². The van der Waals surface area contributed by atoms with Gasteiger partial charge in [0.15, 0.2) is 0 Å². The van der Waals surface area contributed by atoms with Crippen molar-refractivity contribution in [2.45, 2.75) is 19.4 Å². The topological polar surface area (TPSA) is 90.4 Å². The molecule has 0 aromatic heterocycles. The number of piperidine rings is 1. The Kier molecular flexibility index (Phi) is 4.53. The van der Waals surface area contributed by atoms with Crippen molar-refractivity contribution >= 4 is 18.5 Å². The number of quaternary nitrogens is 1. The summed E-state index contributed by atoms with van der Waals surface area (Å²) in [5, 5.41) is 19.4. The minimum absolute atomic E-state index is 0.257. The standard InChI is InChI=1S/C18H19N5S/c19-10-14-16(21)22-17(24)15(11-20)18(14)6-8-23(9-7-18)12-13-4-2-1-3-5-13/h1-5,14,24H,6-9,12H2,(H2,21,22). The molecule has 3 rings (SSSR count). The van der Waals surface area contributed by atoms with Gasteiger partial charge in [-0.15, -0.1) is 0 Å². The summed E-state index contributed by atoms with van der Waals surface area (Å²) in [6.45, 7) is 2.71. The van der Waals surface area contributed by atoms with Gasteiger partial charge in [-0.2, -0.15) is 10.5 Å². The zero-order chi connectivity index (χ0) is 17.2. The van der Waals surface area contributed by atoms with Crippen LogP contribution in [0.3, 0.4) is 0 Å². The number of hydrogen-bond acceptors (Lipinski definition) is 5. The molecule has 1 spiro atoms. The molecule has 1 aromatic rings. The predicted octanol–water partition coefficient (Wildman–Crippen LogP) is 0.644. The number of amidine groups is 1. The molecule has 24 heavy (non-hydrogen) atoms. The van der Waals surface area contributed by atoms with E-state index >= 15 is 0 Å². The van der Waals surface area contributed by atoms with E-state index in [1.54, 1.807) is 0 Å². The maximum absolute atomic E-state index is 9.60. The van der Waals surface area contributed by atoms with Crippen LogP contribution in [-0.4, -0.2) is 18.9 Å². The molecular weight excluding hydrogens is 318 g/mol. The Hall–Kier alpha value is -2.41. The number of aliphatic imine (C=N–C) groups is 1. The van der Waals surface area contributed by atoms with Gasteiger partial charge in [-0.05, 0) is 0 Å². The lowest BCUT2D eigenvalue weighted by atomic mass is 9.63. The summed E-state index contributed by atoms with van der Waals surface area (Å²) in [6, 6.07) is 14.8. The quantitative estimate of drug-likeness (QED) is 0.775. The molecule has 3 N–H and O–H groups in total. The van der Waals surface area contributed by atoms with Gasteiger partial charge < -0.3 is 23.3 Å². The molecule has 1 saturated heterocycles. The maximum Gasteiger partial charge on any atom is 0.115 e. The van der Waals surface area contributed by atoms with Crippen LogP contribution >= 0.6 is 0 Å². The molecule has 2 aliphatic rings. The van der Waals surface area contributed by atoms with Crippen LogP contribution in [0, 0.1) is 34.0 Å². The molecular formula is C18H19N5S. The van der Waals surface area contributed by atoms with Crippen molar-refractivity contribution in [3.8, 4) is 12.1 Å². The molecule has 1 atom stereocenters. The number of hydrogen-bond donors (Lipinski definition) is 2. The molecule has 0 amide bonds. The predicted molar refractivity (Wildman–Crippen MR) is 93.2 cm³/mol. The van der Waals surface area contributed by atoms with Crippen LogP contribution in [0.2, 0.25) is 0 Å².